The predicted molar refractivity (Wildman–Crippen MR) is 78.8 cm³/mol. The van der Waals surface area contributed by atoms with Crippen LogP contribution in [-0.2, 0) is 16.6 Å². The van der Waals surface area contributed by atoms with E-state index in [1.54, 1.807) is 10.5 Å². The van der Waals surface area contributed by atoms with Crippen LogP contribution in [0.4, 0.5) is 0 Å². The zero-order chi connectivity index (χ0) is 14.6. The van der Waals surface area contributed by atoms with E-state index in [9.17, 15) is 8.42 Å². The molecule has 0 amide bonds. The molecule has 0 aliphatic carbocycles. The van der Waals surface area contributed by atoms with Crippen molar-refractivity contribution < 1.29 is 8.42 Å². The summed E-state index contributed by atoms with van der Waals surface area (Å²) >= 11 is 0. The monoisotopic (exact) mass is 300 g/mol. The molecular weight excluding hydrogens is 276 g/mol. The molecule has 1 aliphatic heterocycles. The summed E-state index contributed by atoms with van der Waals surface area (Å²) in [5, 5.41) is 7.66. The lowest BCUT2D eigenvalue weighted by Gasteiger charge is -2.31. The number of sulfonamides is 1. The molecule has 1 fully saturated rings. The quantitative estimate of drug-likeness (QED) is 0.832. The Kier molecular flexibility index (Phi) is 5.17. The van der Waals surface area contributed by atoms with Gasteiger partial charge in [-0.15, -0.1) is 0 Å². The van der Waals surface area contributed by atoms with E-state index in [1.165, 1.54) is 6.26 Å². The minimum absolute atomic E-state index is 0.323. The molecule has 7 heteroatoms. The lowest BCUT2D eigenvalue weighted by Crippen LogP contribution is -2.44. The second kappa shape index (κ2) is 6.69. The van der Waals surface area contributed by atoms with E-state index < -0.39 is 10.0 Å². The molecule has 2 atom stereocenters. The van der Waals surface area contributed by atoms with Crippen molar-refractivity contribution in [3.63, 3.8) is 0 Å². The minimum Gasteiger partial charge on any atom is -0.312 e. The van der Waals surface area contributed by atoms with Crippen molar-refractivity contribution >= 4 is 10.0 Å². The highest BCUT2D eigenvalue weighted by atomic mass is 32.2. The summed E-state index contributed by atoms with van der Waals surface area (Å²) in [4.78, 5) is 0. The van der Waals surface area contributed by atoms with Crippen molar-refractivity contribution in [3.8, 4) is 0 Å². The Morgan fingerprint density at radius 2 is 2.30 bits per heavy atom. The van der Waals surface area contributed by atoms with Gasteiger partial charge < -0.3 is 5.32 Å². The van der Waals surface area contributed by atoms with E-state index in [0.717, 1.165) is 25.9 Å². The zero-order valence-electron chi connectivity index (χ0n) is 12.2. The molecule has 1 aromatic heterocycles. The highest BCUT2D eigenvalue weighted by Gasteiger charge is 2.25. The largest absolute Gasteiger partial charge is 0.312 e. The molecule has 2 rings (SSSR count). The van der Waals surface area contributed by atoms with Gasteiger partial charge in [-0.1, -0.05) is 0 Å². The predicted octanol–water partition coefficient (Wildman–Crippen LogP) is 0.533. The van der Waals surface area contributed by atoms with Crippen LogP contribution >= 0.6 is 0 Å². The van der Waals surface area contributed by atoms with Crippen molar-refractivity contribution in [1.82, 2.24) is 19.4 Å². The molecule has 0 bridgehead atoms. The Balaban J connectivity index is 1.76. The standard InChI is InChI=1S/C13H24N4O2S/c1-12(10-16-7-4-6-15-16)14-9-13-5-3-8-17(11-13)20(2,18)19/h4,6-7,12-14H,3,5,8-11H2,1-2H3. The third-order valence-corrected chi connectivity index (χ3v) is 5.00. The topological polar surface area (TPSA) is 67.2 Å². The first-order valence-corrected chi connectivity index (χ1v) is 8.96. The van der Waals surface area contributed by atoms with Crippen LogP contribution in [0.2, 0.25) is 0 Å². The average molecular weight is 300 g/mol. The first kappa shape index (κ1) is 15.5. The van der Waals surface area contributed by atoms with Gasteiger partial charge >= 0.3 is 0 Å². The van der Waals surface area contributed by atoms with Crippen LogP contribution in [0.25, 0.3) is 0 Å². The van der Waals surface area contributed by atoms with Crippen LogP contribution in [0.3, 0.4) is 0 Å². The van der Waals surface area contributed by atoms with Gasteiger partial charge in [-0.25, -0.2) is 12.7 Å². The molecule has 1 aliphatic rings. The molecule has 1 N–H and O–H groups in total. The number of hydrogen-bond acceptors (Lipinski definition) is 4. The van der Waals surface area contributed by atoms with Crippen LogP contribution in [0.1, 0.15) is 19.8 Å². The SMILES string of the molecule is CC(Cn1cccn1)NCC1CCCN(S(C)(=O)=O)C1. The zero-order valence-corrected chi connectivity index (χ0v) is 13.0. The lowest BCUT2D eigenvalue weighted by molar-refractivity contribution is 0.253. The van der Waals surface area contributed by atoms with E-state index in [2.05, 4.69) is 17.3 Å². The Hall–Kier alpha value is -0.920. The van der Waals surface area contributed by atoms with Crippen LogP contribution in [0.15, 0.2) is 18.5 Å². The summed E-state index contributed by atoms with van der Waals surface area (Å²) in [6.07, 6.45) is 7.06. The highest BCUT2D eigenvalue weighted by molar-refractivity contribution is 7.88. The van der Waals surface area contributed by atoms with Crippen LogP contribution in [0, 0.1) is 5.92 Å². The van der Waals surface area contributed by atoms with E-state index in [1.807, 2.05) is 16.9 Å². The summed E-state index contributed by atoms with van der Waals surface area (Å²) in [6.45, 7) is 5.11. The third-order valence-electron chi connectivity index (χ3n) is 3.73. The maximum Gasteiger partial charge on any atom is 0.211 e. The molecule has 6 nitrogen and oxygen atoms in total. The Morgan fingerprint density at radius 3 is 2.95 bits per heavy atom. The Morgan fingerprint density at radius 1 is 1.50 bits per heavy atom. The van der Waals surface area contributed by atoms with Crippen LogP contribution in [0.5, 0.6) is 0 Å². The van der Waals surface area contributed by atoms with Gasteiger partial charge in [0, 0.05) is 31.5 Å². The molecule has 1 aromatic rings. The van der Waals surface area contributed by atoms with E-state index >= 15 is 0 Å². The molecule has 1 saturated heterocycles. The molecule has 2 unspecified atom stereocenters. The van der Waals surface area contributed by atoms with E-state index in [4.69, 9.17) is 0 Å². The Labute approximate surface area is 121 Å². The number of nitrogens with one attached hydrogen (secondary N) is 1. The first-order chi connectivity index (χ1) is 9.45. The van der Waals surface area contributed by atoms with Crippen molar-refractivity contribution in [2.24, 2.45) is 5.92 Å². The van der Waals surface area contributed by atoms with Gasteiger partial charge in [0.1, 0.15) is 0 Å². The minimum atomic E-state index is -3.05. The normalized spacial score (nSPS) is 22.8. The molecule has 0 radical (unpaired) electrons. The number of piperidine rings is 1. The lowest BCUT2D eigenvalue weighted by atomic mass is 9.99. The first-order valence-electron chi connectivity index (χ1n) is 7.11. The van der Waals surface area contributed by atoms with E-state index in [-0.39, 0.29) is 0 Å². The summed E-state index contributed by atoms with van der Waals surface area (Å²) in [5.74, 6) is 0.401. The van der Waals surface area contributed by atoms with Crippen molar-refractivity contribution in [1.29, 1.82) is 0 Å². The number of rotatable bonds is 6. The summed E-state index contributed by atoms with van der Waals surface area (Å²) in [6, 6.07) is 2.24. The van der Waals surface area contributed by atoms with Gasteiger partial charge in [0.25, 0.3) is 0 Å². The summed E-state index contributed by atoms with van der Waals surface area (Å²) in [5.41, 5.74) is 0. The molecule has 0 aromatic carbocycles. The molecule has 114 valence electrons. The molecule has 0 spiro atoms. The smallest absolute Gasteiger partial charge is 0.211 e. The molecule has 2 heterocycles. The summed E-state index contributed by atoms with van der Waals surface area (Å²) in [7, 11) is -3.05. The number of nitrogens with zero attached hydrogens (tertiary/aromatic N) is 3. The maximum atomic E-state index is 11.6. The van der Waals surface area contributed by atoms with Crippen molar-refractivity contribution in [2.45, 2.75) is 32.4 Å². The van der Waals surface area contributed by atoms with Gasteiger partial charge in [-0.2, -0.15) is 5.10 Å². The van der Waals surface area contributed by atoms with Gasteiger partial charge in [-0.3, -0.25) is 4.68 Å². The average Bonchev–Trinajstić information content (AvgIpc) is 2.88. The summed E-state index contributed by atoms with van der Waals surface area (Å²) < 4.78 is 26.7. The second-order valence-electron chi connectivity index (χ2n) is 5.67. The molecule has 0 saturated carbocycles. The number of hydrogen-bond donors (Lipinski definition) is 1. The maximum absolute atomic E-state index is 11.6. The van der Waals surface area contributed by atoms with Gasteiger partial charge in [0.05, 0.1) is 12.8 Å². The fourth-order valence-electron chi connectivity index (χ4n) is 2.62. The molecular formula is C13H24N4O2S. The fourth-order valence-corrected chi connectivity index (χ4v) is 3.56. The highest BCUT2D eigenvalue weighted by Crippen LogP contribution is 2.18. The number of aromatic nitrogens is 2. The third kappa shape index (κ3) is 4.57. The van der Waals surface area contributed by atoms with E-state index in [0.29, 0.717) is 25.0 Å². The van der Waals surface area contributed by atoms with Crippen LogP contribution in [-0.4, -0.2) is 54.4 Å². The van der Waals surface area contributed by atoms with Gasteiger partial charge in [0.15, 0.2) is 0 Å². The van der Waals surface area contributed by atoms with Crippen LogP contribution < -0.4 is 5.32 Å². The second-order valence-corrected chi connectivity index (χ2v) is 7.65. The molecule has 20 heavy (non-hydrogen) atoms. The van der Waals surface area contributed by atoms with Crippen molar-refractivity contribution in [2.75, 3.05) is 25.9 Å². The van der Waals surface area contributed by atoms with Gasteiger partial charge in [-0.05, 0) is 38.3 Å². The van der Waals surface area contributed by atoms with Gasteiger partial charge in [0.2, 0.25) is 10.0 Å². The Bertz CT molecular complexity index is 500. The van der Waals surface area contributed by atoms with Crippen molar-refractivity contribution in [3.05, 3.63) is 18.5 Å². The fraction of sp³-hybridized carbons (Fsp3) is 0.769.